The fraction of sp³-hybridized carbons (Fsp3) is 0.381. The van der Waals surface area contributed by atoms with Crippen molar-refractivity contribution in [3.63, 3.8) is 0 Å². The molecule has 2 rings (SSSR count). The maximum absolute atomic E-state index is 12.3. The average Bonchev–Trinajstić information content (AvgIpc) is 3.09. The number of rotatable bonds is 7. The molecule has 0 N–H and O–H groups in total. The fourth-order valence-corrected chi connectivity index (χ4v) is 2.92. The molecular weight excluding hydrogens is 346 g/mol. The Morgan fingerprint density at radius 3 is 2.07 bits per heavy atom. The van der Waals surface area contributed by atoms with E-state index in [0.29, 0.717) is 11.3 Å². The summed E-state index contributed by atoms with van der Waals surface area (Å²) < 4.78 is 10.6. The van der Waals surface area contributed by atoms with E-state index in [1.807, 2.05) is 27.7 Å². The number of esters is 1. The van der Waals surface area contributed by atoms with Crippen molar-refractivity contribution in [2.24, 2.45) is 0 Å². The van der Waals surface area contributed by atoms with Gasteiger partial charge in [-0.3, -0.25) is 9.59 Å². The summed E-state index contributed by atoms with van der Waals surface area (Å²) in [4.78, 5) is 37.4. The number of furan rings is 1. The van der Waals surface area contributed by atoms with Crippen LogP contribution in [0.1, 0.15) is 55.5 Å². The molecule has 0 atom stereocenters. The number of ketones is 1. The van der Waals surface area contributed by atoms with Crippen molar-refractivity contribution in [2.75, 3.05) is 6.61 Å². The van der Waals surface area contributed by atoms with E-state index in [0.717, 1.165) is 5.56 Å². The highest BCUT2D eigenvalue weighted by atomic mass is 16.5. The Morgan fingerprint density at radius 2 is 1.56 bits per heavy atom. The van der Waals surface area contributed by atoms with E-state index < -0.39 is 5.97 Å². The maximum Gasteiger partial charge on any atom is 0.374 e. The smallest absolute Gasteiger partial charge is 0.374 e. The molecule has 1 aromatic heterocycles. The lowest BCUT2D eigenvalue weighted by molar-refractivity contribution is -0.138. The molecule has 0 unspecified atom stereocenters. The highest BCUT2D eigenvalue weighted by Gasteiger charge is 2.22. The Morgan fingerprint density at radius 1 is 0.963 bits per heavy atom. The Balaban J connectivity index is 2.02. The lowest BCUT2D eigenvalue weighted by atomic mass is 10.1. The first-order chi connectivity index (χ1) is 12.7. The molecule has 27 heavy (non-hydrogen) atoms. The topological polar surface area (TPSA) is 76.8 Å². The fourth-order valence-electron chi connectivity index (χ4n) is 2.92. The van der Waals surface area contributed by atoms with Crippen LogP contribution in [0.4, 0.5) is 0 Å². The molecule has 144 valence electrons. The van der Waals surface area contributed by atoms with Gasteiger partial charge >= 0.3 is 5.97 Å². The molecule has 1 amide bonds. The van der Waals surface area contributed by atoms with Crippen LogP contribution in [0.25, 0.3) is 11.3 Å². The van der Waals surface area contributed by atoms with Gasteiger partial charge in [0.15, 0.2) is 12.4 Å². The van der Waals surface area contributed by atoms with Crippen LogP contribution in [-0.4, -0.2) is 41.3 Å². The first kappa shape index (κ1) is 20.4. The molecule has 0 fully saturated rings. The second kappa shape index (κ2) is 8.66. The van der Waals surface area contributed by atoms with Gasteiger partial charge in [-0.2, -0.15) is 0 Å². The van der Waals surface area contributed by atoms with Crippen molar-refractivity contribution in [3.05, 3.63) is 47.7 Å². The molecule has 2 aromatic rings. The molecule has 0 aliphatic heterocycles. The van der Waals surface area contributed by atoms with Crippen LogP contribution in [0, 0.1) is 0 Å². The van der Waals surface area contributed by atoms with Crippen molar-refractivity contribution < 1.29 is 23.5 Å². The van der Waals surface area contributed by atoms with E-state index in [4.69, 9.17) is 9.15 Å². The summed E-state index contributed by atoms with van der Waals surface area (Å²) in [6, 6.07) is 10.1. The van der Waals surface area contributed by atoms with Crippen LogP contribution in [0.5, 0.6) is 0 Å². The van der Waals surface area contributed by atoms with Gasteiger partial charge in [0.25, 0.3) is 5.91 Å². The molecule has 0 aliphatic rings. The van der Waals surface area contributed by atoms with Gasteiger partial charge in [-0.05, 0) is 46.8 Å². The summed E-state index contributed by atoms with van der Waals surface area (Å²) in [5.41, 5.74) is 1.34. The SMILES string of the molecule is CC(=O)c1ccc(-c2ccc(C(=O)OCC(=O)N(C(C)C)C(C)C)o2)cc1. The number of hydrogen-bond donors (Lipinski definition) is 0. The first-order valence-corrected chi connectivity index (χ1v) is 8.90. The lowest BCUT2D eigenvalue weighted by Crippen LogP contribution is -2.44. The van der Waals surface area contributed by atoms with E-state index in [9.17, 15) is 14.4 Å². The molecule has 0 bridgehead atoms. The Hall–Kier alpha value is -2.89. The number of hydrogen-bond acceptors (Lipinski definition) is 5. The summed E-state index contributed by atoms with van der Waals surface area (Å²) in [6.07, 6.45) is 0. The number of carbonyl (C=O) groups excluding carboxylic acids is 3. The lowest BCUT2D eigenvalue weighted by Gasteiger charge is -2.30. The zero-order valence-corrected chi connectivity index (χ0v) is 16.3. The summed E-state index contributed by atoms with van der Waals surface area (Å²) in [5, 5.41) is 0. The average molecular weight is 371 g/mol. The van der Waals surface area contributed by atoms with Gasteiger partial charge in [0.2, 0.25) is 5.76 Å². The number of Topliss-reactive ketones (excluding diaryl/α,β-unsaturated/α-hetero) is 1. The van der Waals surface area contributed by atoms with Crippen molar-refractivity contribution in [2.45, 2.75) is 46.7 Å². The van der Waals surface area contributed by atoms with Crippen LogP contribution in [0.2, 0.25) is 0 Å². The van der Waals surface area contributed by atoms with Crippen LogP contribution >= 0.6 is 0 Å². The molecule has 0 saturated carbocycles. The summed E-state index contributed by atoms with van der Waals surface area (Å²) >= 11 is 0. The van der Waals surface area contributed by atoms with E-state index in [-0.39, 0.29) is 36.1 Å². The standard InChI is InChI=1S/C21H25NO5/c1-13(2)22(14(3)4)20(24)12-26-21(25)19-11-10-18(27-19)17-8-6-16(7-9-17)15(5)23/h6-11,13-14H,12H2,1-5H3. The quantitative estimate of drug-likeness (QED) is 0.544. The van der Waals surface area contributed by atoms with Gasteiger partial charge in [0.05, 0.1) is 0 Å². The second-order valence-electron chi connectivity index (χ2n) is 6.86. The third-order valence-electron chi connectivity index (χ3n) is 4.11. The third-order valence-corrected chi connectivity index (χ3v) is 4.11. The van der Waals surface area contributed by atoms with Crippen LogP contribution < -0.4 is 0 Å². The minimum Gasteiger partial charge on any atom is -0.450 e. The van der Waals surface area contributed by atoms with Gasteiger partial charge < -0.3 is 14.1 Å². The van der Waals surface area contributed by atoms with E-state index in [1.54, 1.807) is 35.2 Å². The molecule has 0 radical (unpaired) electrons. The van der Waals surface area contributed by atoms with Crippen molar-refractivity contribution >= 4 is 17.7 Å². The predicted octanol–water partition coefficient (Wildman–Crippen LogP) is 3.95. The number of nitrogens with zero attached hydrogens (tertiary/aromatic N) is 1. The van der Waals surface area contributed by atoms with Crippen molar-refractivity contribution in [3.8, 4) is 11.3 Å². The number of benzene rings is 1. The van der Waals surface area contributed by atoms with Crippen LogP contribution in [0.3, 0.4) is 0 Å². The number of ether oxygens (including phenoxy) is 1. The van der Waals surface area contributed by atoms with Gasteiger partial charge in [0.1, 0.15) is 5.76 Å². The third kappa shape index (κ3) is 5.06. The van der Waals surface area contributed by atoms with Gasteiger partial charge in [-0.25, -0.2) is 4.79 Å². The molecular formula is C21H25NO5. The summed E-state index contributed by atoms with van der Waals surface area (Å²) in [5.74, 6) is -0.461. The van der Waals surface area contributed by atoms with Crippen molar-refractivity contribution in [1.82, 2.24) is 4.90 Å². The molecule has 6 heteroatoms. The van der Waals surface area contributed by atoms with E-state index in [1.165, 1.54) is 13.0 Å². The predicted molar refractivity (Wildman–Crippen MR) is 102 cm³/mol. The normalized spacial score (nSPS) is 10.9. The Labute approximate surface area is 159 Å². The minimum absolute atomic E-state index is 0.0180. The molecule has 0 spiro atoms. The van der Waals surface area contributed by atoms with Crippen molar-refractivity contribution in [1.29, 1.82) is 0 Å². The largest absolute Gasteiger partial charge is 0.450 e. The monoisotopic (exact) mass is 371 g/mol. The van der Waals surface area contributed by atoms with E-state index in [2.05, 4.69) is 0 Å². The zero-order valence-electron chi connectivity index (χ0n) is 16.3. The second-order valence-corrected chi connectivity index (χ2v) is 6.86. The number of carbonyl (C=O) groups is 3. The minimum atomic E-state index is -0.692. The number of amides is 1. The Kier molecular flexibility index (Phi) is 6.55. The maximum atomic E-state index is 12.3. The molecule has 0 aliphatic carbocycles. The first-order valence-electron chi connectivity index (χ1n) is 8.90. The highest BCUT2D eigenvalue weighted by Crippen LogP contribution is 2.23. The summed E-state index contributed by atoms with van der Waals surface area (Å²) in [7, 11) is 0. The van der Waals surface area contributed by atoms with Gasteiger partial charge in [0, 0.05) is 23.2 Å². The van der Waals surface area contributed by atoms with Crippen LogP contribution in [0.15, 0.2) is 40.8 Å². The zero-order chi connectivity index (χ0) is 20.1. The summed E-state index contributed by atoms with van der Waals surface area (Å²) in [6.45, 7) is 8.81. The molecule has 1 aromatic carbocycles. The molecule has 0 saturated heterocycles. The molecule has 6 nitrogen and oxygen atoms in total. The molecule has 1 heterocycles. The van der Waals surface area contributed by atoms with Gasteiger partial charge in [-0.1, -0.05) is 24.3 Å². The highest BCUT2D eigenvalue weighted by molar-refractivity contribution is 5.94. The van der Waals surface area contributed by atoms with E-state index >= 15 is 0 Å². The van der Waals surface area contributed by atoms with Gasteiger partial charge in [-0.15, -0.1) is 0 Å². The van der Waals surface area contributed by atoms with Crippen LogP contribution in [-0.2, 0) is 9.53 Å². The Bertz CT molecular complexity index is 809.